The van der Waals surface area contributed by atoms with Crippen molar-refractivity contribution >= 4 is 11.7 Å². The maximum absolute atomic E-state index is 10.5. The molecule has 3 N–H and O–H groups in total. The number of aliphatic hydroxyl groups is 2. The number of rotatable bonds is 7. The van der Waals surface area contributed by atoms with Crippen LogP contribution in [0, 0.1) is 31.6 Å². The summed E-state index contributed by atoms with van der Waals surface area (Å²) in [6, 6.07) is 6.07. The van der Waals surface area contributed by atoms with E-state index in [2.05, 4.69) is 11.2 Å². The van der Waals surface area contributed by atoms with Gasteiger partial charge in [-0.1, -0.05) is 28.9 Å². The molecule has 0 aromatic heterocycles. The highest BCUT2D eigenvalue weighted by Crippen LogP contribution is 2.51. The molecule has 1 aromatic rings. The summed E-state index contributed by atoms with van der Waals surface area (Å²) in [7, 11) is 0. The fourth-order valence-electron chi connectivity index (χ4n) is 4.49. The number of carboxylic acid groups (broad SMARTS) is 1. The molecule has 0 spiro atoms. The summed E-state index contributed by atoms with van der Waals surface area (Å²) >= 11 is 0. The third-order valence-electron chi connectivity index (χ3n) is 5.86. The molecule has 2 aliphatic carbocycles. The Morgan fingerprint density at radius 1 is 1.38 bits per heavy atom. The molecule has 5 unspecified atom stereocenters. The number of aliphatic hydroxyl groups excluding tert-OH is 2. The lowest BCUT2D eigenvalue weighted by Gasteiger charge is -2.35. The largest absolute Gasteiger partial charge is 0.479 e. The van der Waals surface area contributed by atoms with E-state index in [1.807, 2.05) is 26.0 Å². The third kappa shape index (κ3) is 3.91. The van der Waals surface area contributed by atoms with Crippen molar-refractivity contribution in [1.82, 2.24) is 0 Å². The van der Waals surface area contributed by atoms with E-state index in [0.29, 0.717) is 18.8 Å². The topological polar surface area (TPSA) is 99.4 Å². The van der Waals surface area contributed by atoms with Crippen molar-refractivity contribution < 1.29 is 25.0 Å². The van der Waals surface area contributed by atoms with Crippen molar-refractivity contribution in [1.29, 1.82) is 0 Å². The summed E-state index contributed by atoms with van der Waals surface area (Å²) in [5.41, 5.74) is 4.08. The normalized spacial score (nSPS) is 29.9. The van der Waals surface area contributed by atoms with Crippen LogP contribution >= 0.6 is 0 Å². The molecule has 2 fully saturated rings. The van der Waals surface area contributed by atoms with Gasteiger partial charge in [0.25, 0.3) is 0 Å². The molecule has 0 aliphatic heterocycles. The van der Waals surface area contributed by atoms with Gasteiger partial charge >= 0.3 is 5.97 Å². The zero-order valence-corrected chi connectivity index (χ0v) is 15.3. The number of nitrogens with zero attached hydrogens (tertiary/aromatic N) is 1. The van der Waals surface area contributed by atoms with Gasteiger partial charge in [-0.05, 0) is 62.5 Å². The van der Waals surface area contributed by atoms with E-state index in [-0.39, 0.29) is 11.8 Å². The number of fused-ring (bicyclic) bond motifs is 1. The van der Waals surface area contributed by atoms with Crippen LogP contribution in [-0.2, 0) is 9.63 Å². The summed E-state index contributed by atoms with van der Waals surface area (Å²) in [6.45, 7) is 3.61. The predicted octanol–water partition coefficient (Wildman–Crippen LogP) is 2.59. The second-order valence-corrected chi connectivity index (χ2v) is 7.64. The van der Waals surface area contributed by atoms with Gasteiger partial charge in [0.05, 0.1) is 17.9 Å². The number of carboxylic acids is 1. The average molecular weight is 361 g/mol. The Hall–Kier alpha value is -1.92. The molecular weight excluding hydrogens is 334 g/mol. The van der Waals surface area contributed by atoms with Gasteiger partial charge in [0, 0.05) is 5.92 Å². The number of oxime groups is 1. The third-order valence-corrected chi connectivity index (χ3v) is 5.86. The number of benzene rings is 1. The Balaban J connectivity index is 1.54. The molecule has 1 aromatic carbocycles. The number of aliphatic carboxylic acids is 1. The summed E-state index contributed by atoms with van der Waals surface area (Å²) in [5.74, 6) is -0.362. The first kappa shape index (κ1) is 18.9. The summed E-state index contributed by atoms with van der Waals surface area (Å²) in [6.07, 6.45) is 1.85. The minimum Gasteiger partial charge on any atom is -0.479 e. The van der Waals surface area contributed by atoms with Gasteiger partial charge in [-0.25, -0.2) is 4.79 Å². The number of hydrogen-bond donors (Lipinski definition) is 3. The van der Waals surface area contributed by atoms with Crippen molar-refractivity contribution in [3.05, 3.63) is 34.9 Å². The molecular formula is C20H27NO5. The van der Waals surface area contributed by atoms with Gasteiger partial charge in [-0.15, -0.1) is 0 Å². The van der Waals surface area contributed by atoms with E-state index in [9.17, 15) is 15.0 Å². The molecule has 0 radical (unpaired) electrons. The molecule has 2 saturated carbocycles. The summed E-state index contributed by atoms with van der Waals surface area (Å²) < 4.78 is 0. The minimum atomic E-state index is -1.05. The minimum absolute atomic E-state index is 0.152. The Morgan fingerprint density at radius 3 is 2.85 bits per heavy atom. The van der Waals surface area contributed by atoms with E-state index in [1.54, 1.807) is 0 Å². The Morgan fingerprint density at radius 2 is 2.15 bits per heavy atom. The van der Waals surface area contributed by atoms with Crippen LogP contribution in [0.15, 0.2) is 23.4 Å². The smallest absolute Gasteiger partial charge is 0.344 e. The van der Waals surface area contributed by atoms with Crippen molar-refractivity contribution in [3.63, 3.8) is 0 Å². The Labute approximate surface area is 153 Å². The lowest BCUT2D eigenvalue weighted by Crippen LogP contribution is -2.37. The molecule has 0 bridgehead atoms. The Bertz CT molecular complexity index is 701. The van der Waals surface area contributed by atoms with Gasteiger partial charge < -0.3 is 20.2 Å². The summed E-state index contributed by atoms with van der Waals surface area (Å²) in [4.78, 5) is 15.3. The molecule has 6 nitrogen and oxygen atoms in total. The molecule has 0 saturated heterocycles. The van der Waals surface area contributed by atoms with Crippen LogP contribution in [-0.4, -0.2) is 39.7 Å². The zero-order chi connectivity index (χ0) is 18.8. The van der Waals surface area contributed by atoms with Crippen LogP contribution in [0.3, 0.4) is 0 Å². The van der Waals surface area contributed by atoms with Gasteiger partial charge in [-0.3, -0.25) is 0 Å². The maximum atomic E-state index is 10.5. The van der Waals surface area contributed by atoms with Crippen molar-refractivity contribution in [2.24, 2.45) is 22.9 Å². The van der Waals surface area contributed by atoms with Crippen LogP contribution in [0.1, 0.15) is 48.5 Å². The van der Waals surface area contributed by atoms with E-state index < -0.39 is 24.8 Å². The van der Waals surface area contributed by atoms with Gasteiger partial charge in [0.1, 0.15) is 0 Å². The van der Waals surface area contributed by atoms with Gasteiger partial charge in [0.2, 0.25) is 6.61 Å². The first-order valence-corrected chi connectivity index (χ1v) is 9.20. The van der Waals surface area contributed by atoms with Crippen LogP contribution < -0.4 is 0 Å². The molecule has 6 heteroatoms. The van der Waals surface area contributed by atoms with Crippen LogP contribution in [0.25, 0.3) is 0 Å². The molecule has 5 atom stereocenters. The molecule has 0 amide bonds. The van der Waals surface area contributed by atoms with Crippen LogP contribution in [0.5, 0.6) is 0 Å². The first-order chi connectivity index (χ1) is 12.4. The number of carbonyl (C=O) groups is 1. The van der Waals surface area contributed by atoms with Crippen molar-refractivity contribution in [2.45, 2.75) is 51.7 Å². The van der Waals surface area contributed by atoms with E-state index in [0.717, 1.165) is 29.7 Å². The standard InChI is InChI=1S/C20H27NO5/c1-11-3-4-13(12(2)7-11)18(22)6-5-14-15-8-17(16(15)9-19(14)23)21-26-10-20(24)25/h3-4,7,14-16,18-19,22-23H,5-6,8-10H2,1-2H3,(H,24,25). The molecule has 142 valence electrons. The van der Waals surface area contributed by atoms with Crippen LogP contribution in [0.2, 0.25) is 0 Å². The Kier molecular flexibility index (Phi) is 5.63. The number of hydrogen-bond acceptors (Lipinski definition) is 5. The molecule has 2 aliphatic rings. The quantitative estimate of drug-likeness (QED) is 0.648. The van der Waals surface area contributed by atoms with Crippen molar-refractivity contribution in [2.75, 3.05) is 6.61 Å². The highest BCUT2D eigenvalue weighted by atomic mass is 16.6. The summed E-state index contributed by atoms with van der Waals surface area (Å²) in [5, 5.41) is 33.5. The molecule has 3 rings (SSSR count). The SMILES string of the molecule is Cc1ccc(C(O)CCC2C(O)CC3C(=NOCC(=O)O)CC32)c(C)c1. The average Bonchev–Trinajstić information content (AvgIpc) is 2.80. The zero-order valence-electron chi connectivity index (χ0n) is 15.3. The highest BCUT2D eigenvalue weighted by molar-refractivity contribution is 5.93. The second-order valence-electron chi connectivity index (χ2n) is 7.64. The second kappa shape index (κ2) is 7.76. The maximum Gasteiger partial charge on any atom is 0.344 e. The fraction of sp³-hybridized carbons (Fsp3) is 0.600. The fourth-order valence-corrected chi connectivity index (χ4v) is 4.49. The molecule has 26 heavy (non-hydrogen) atoms. The monoisotopic (exact) mass is 361 g/mol. The van der Waals surface area contributed by atoms with Gasteiger partial charge in [-0.2, -0.15) is 0 Å². The van der Waals surface area contributed by atoms with Crippen molar-refractivity contribution in [3.8, 4) is 0 Å². The highest BCUT2D eigenvalue weighted by Gasteiger charge is 2.51. The van der Waals surface area contributed by atoms with Gasteiger partial charge in [0.15, 0.2) is 0 Å². The van der Waals surface area contributed by atoms with E-state index in [1.165, 1.54) is 5.56 Å². The molecule has 0 heterocycles. The van der Waals surface area contributed by atoms with E-state index >= 15 is 0 Å². The lowest BCUT2D eigenvalue weighted by atomic mass is 9.70. The van der Waals surface area contributed by atoms with E-state index in [4.69, 9.17) is 9.94 Å². The predicted molar refractivity (Wildman–Crippen MR) is 96.8 cm³/mol. The van der Waals surface area contributed by atoms with Crippen LogP contribution in [0.4, 0.5) is 0 Å². The lowest BCUT2D eigenvalue weighted by molar-refractivity contribution is -0.142. The number of aryl methyl sites for hydroxylation is 2. The first-order valence-electron chi connectivity index (χ1n) is 9.20.